The summed E-state index contributed by atoms with van der Waals surface area (Å²) in [5.74, 6) is -1.27. The lowest BCUT2D eigenvalue weighted by molar-refractivity contribution is -0.119. The summed E-state index contributed by atoms with van der Waals surface area (Å²) in [7, 11) is 0. The maximum absolute atomic E-state index is 11.9. The monoisotopic (exact) mass is 258 g/mol. The van der Waals surface area contributed by atoms with E-state index >= 15 is 0 Å². The minimum absolute atomic E-state index is 0.104. The molecule has 2 aromatic rings. The van der Waals surface area contributed by atoms with Crippen LogP contribution in [0.4, 0.5) is 0 Å². The van der Waals surface area contributed by atoms with Gasteiger partial charge < -0.3 is 16.2 Å². The largest absolute Gasteiger partial charge is 0.506 e. The van der Waals surface area contributed by atoms with Crippen LogP contribution in [0.15, 0.2) is 36.4 Å². The molecule has 1 unspecified atom stereocenters. The molecule has 0 spiro atoms. The molecule has 4 N–H and O–H groups in total. The average Bonchev–Trinajstić information content (AvgIpc) is 2.39. The highest BCUT2D eigenvalue weighted by atomic mass is 16.3. The number of nitrogens with two attached hydrogens (primary N) is 1. The predicted octanol–water partition coefficient (Wildman–Crippen LogP) is 1.15. The summed E-state index contributed by atoms with van der Waals surface area (Å²) in [6.07, 6.45) is 0. The molecule has 0 bridgehead atoms. The number of nitrogens with one attached hydrogen (secondary N) is 1. The number of amides is 2. The van der Waals surface area contributed by atoms with Crippen LogP contribution >= 0.6 is 0 Å². The van der Waals surface area contributed by atoms with E-state index in [2.05, 4.69) is 5.32 Å². The molecule has 0 radical (unpaired) electrons. The van der Waals surface area contributed by atoms with Crippen LogP contribution < -0.4 is 11.1 Å². The fourth-order valence-electron chi connectivity index (χ4n) is 1.78. The molecule has 5 nitrogen and oxygen atoms in total. The van der Waals surface area contributed by atoms with Crippen molar-refractivity contribution in [1.29, 1.82) is 0 Å². The lowest BCUT2D eigenvalue weighted by Gasteiger charge is -2.12. The minimum atomic E-state index is -0.793. The molecule has 0 heterocycles. The Hall–Kier alpha value is -2.56. The first-order chi connectivity index (χ1) is 9.00. The van der Waals surface area contributed by atoms with Gasteiger partial charge in [-0.2, -0.15) is 0 Å². The van der Waals surface area contributed by atoms with Crippen LogP contribution in [0.5, 0.6) is 5.75 Å². The number of phenolic OH excluding ortho intramolecular Hbond substituents is 1. The number of benzene rings is 2. The summed E-state index contributed by atoms with van der Waals surface area (Å²) in [5.41, 5.74) is 5.19. The Morgan fingerprint density at radius 3 is 2.58 bits per heavy atom. The van der Waals surface area contributed by atoms with Crippen LogP contribution in [-0.2, 0) is 4.79 Å². The molecule has 5 heteroatoms. The predicted molar refractivity (Wildman–Crippen MR) is 71.7 cm³/mol. The number of hydrogen-bond acceptors (Lipinski definition) is 3. The van der Waals surface area contributed by atoms with Gasteiger partial charge in [0.15, 0.2) is 0 Å². The zero-order chi connectivity index (χ0) is 14.0. The van der Waals surface area contributed by atoms with Crippen LogP contribution in [-0.4, -0.2) is 23.0 Å². The molecule has 0 fully saturated rings. The van der Waals surface area contributed by atoms with Gasteiger partial charge in [0.05, 0.1) is 5.56 Å². The Kier molecular flexibility index (Phi) is 3.37. The average molecular weight is 258 g/mol. The second-order valence-electron chi connectivity index (χ2n) is 4.28. The van der Waals surface area contributed by atoms with Crippen LogP contribution in [0.25, 0.3) is 10.8 Å². The Balaban J connectivity index is 2.38. The number of aromatic hydroxyl groups is 1. The van der Waals surface area contributed by atoms with E-state index < -0.39 is 17.9 Å². The van der Waals surface area contributed by atoms with Gasteiger partial charge in [-0.15, -0.1) is 0 Å². The number of phenols is 1. The van der Waals surface area contributed by atoms with Crippen LogP contribution in [0.3, 0.4) is 0 Å². The molecular formula is C14H14N2O3. The van der Waals surface area contributed by atoms with Crippen molar-refractivity contribution in [2.24, 2.45) is 5.73 Å². The second-order valence-corrected chi connectivity index (χ2v) is 4.28. The number of rotatable bonds is 3. The minimum Gasteiger partial charge on any atom is -0.506 e. The van der Waals surface area contributed by atoms with Crippen molar-refractivity contribution < 1.29 is 14.7 Å². The maximum atomic E-state index is 11.9. The van der Waals surface area contributed by atoms with Crippen molar-refractivity contribution in [3.05, 3.63) is 42.0 Å². The Morgan fingerprint density at radius 1 is 1.21 bits per heavy atom. The topological polar surface area (TPSA) is 92.4 Å². The molecule has 19 heavy (non-hydrogen) atoms. The summed E-state index contributed by atoms with van der Waals surface area (Å²) in [6.45, 7) is 1.48. The van der Waals surface area contributed by atoms with Gasteiger partial charge in [0.25, 0.3) is 5.91 Å². The zero-order valence-corrected chi connectivity index (χ0v) is 10.4. The van der Waals surface area contributed by atoms with Gasteiger partial charge in [-0.25, -0.2) is 0 Å². The van der Waals surface area contributed by atoms with Crippen LogP contribution in [0.2, 0.25) is 0 Å². The molecule has 1 atom stereocenters. The smallest absolute Gasteiger partial charge is 0.255 e. The quantitative estimate of drug-likeness (QED) is 0.771. The standard InChI is InChI=1S/C14H14N2O3/c1-8(13(15)18)16-14(19)11-7-6-9-4-2-3-5-10(9)12(11)17/h2-8,17H,1H3,(H2,15,18)(H,16,19). The van der Waals surface area contributed by atoms with Gasteiger partial charge in [0.1, 0.15) is 11.8 Å². The van der Waals surface area contributed by atoms with Crippen LogP contribution in [0.1, 0.15) is 17.3 Å². The summed E-state index contributed by atoms with van der Waals surface area (Å²) in [6, 6.07) is 9.63. The SMILES string of the molecule is CC(NC(=O)c1ccc2ccccc2c1O)C(N)=O. The van der Waals surface area contributed by atoms with E-state index in [4.69, 9.17) is 5.73 Å². The van der Waals surface area contributed by atoms with E-state index in [0.29, 0.717) is 5.39 Å². The third-order valence-electron chi connectivity index (χ3n) is 2.92. The van der Waals surface area contributed by atoms with E-state index in [-0.39, 0.29) is 11.3 Å². The van der Waals surface area contributed by atoms with Crippen molar-refractivity contribution in [1.82, 2.24) is 5.32 Å². The normalized spacial score (nSPS) is 12.1. The first-order valence-corrected chi connectivity index (χ1v) is 5.81. The number of carbonyl (C=O) groups is 2. The van der Waals surface area contributed by atoms with Gasteiger partial charge >= 0.3 is 0 Å². The van der Waals surface area contributed by atoms with Crippen molar-refractivity contribution in [2.45, 2.75) is 13.0 Å². The van der Waals surface area contributed by atoms with Crippen molar-refractivity contribution in [3.8, 4) is 5.75 Å². The van der Waals surface area contributed by atoms with E-state index in [1.807, 2.05) is 12.1 Å². The van der Waals surface area contributed by atoms with E-state index in [1.165, 1.54) is 13.0 Å². The lowest BCUT2D eigenvalue weighted by Crippen LogP contribution is -2.42. The van der Waals surface area contributed by atoms with Crippen molar-refractivity contribution >= 4 is 22.6 Å². The van der Waals surface area contributed by atoms with Crippen LogP contribution in [0, 0.1) is 0 Å². The van der Waals surface area contributed by atoms with Crippen molar-refractivity contribution in [3.63, 3.8) is 0 Å². The van der Waals surface area contributed by atoms with Gasteiger partial charge in [0.2, 0.25) is 5.91 Å². The summed E-state index contributed by atoms with van der Waals surface area (Å²) in [5, 5.41) is 13.9. The number of primary amides is 1. The fraction of sp³-hybridized carbons (Fsp3) is 0.143. The Bertz CT molecular complexity index is 652. The molecule has 0 aliphatic heterocycles. The van der Waals surface area contributed by atoms with Crippen molar-refractivity contribution in [2.75, 3.05) is 0 Å². The van der Waals surface area contributed by atoms with Gasteiger partial charge in [-0.05, 0) is 18.4 Å². The van der Waals surface area contributed by atoms with Gasteiger partial charge in [-0.1, -0.05) is 30.3 Å². The molecule has 98 valence electrons. The van der Waals surface area contributed by atoms with Gasteiger partial charge in [0, 0.05) is 5.39 Å². The lowest BCUT2D eigenvalue weighted by atomic mass is 10.0. The molecule has 0 saturated carbocycles. The van der Waals surface area contributed by atoms with E-state index in [9.17, 15) is 14.7 Å². The summed E-state index contributed by atoms with van der Waals surface area (Å²) >= 11 is 0. The molecule has 2 rings (SSSR count). The molecular weight excluding hydrogens is 244 g/mol. The first-order valence-electron chi connectivity index (χ1n) is 5.81. The molecule has 0 aliphatic rings. The van der Waals surface area contributed by atoms with E-state index in [0.717, 1.165) is 5.39 Å². The highest BCUT2D eigenvalue weighted by Crippen LogP contribution is 2.28. The zero-order valence-electron chi connectivity index (χ0n) is 10.4. The van der Waals surface area contributed by atoms with E-state index in [1.54, 1.807) is 18.2 Å². The third kappa shape index (κ3) is 2.49. The highest BCUT2D eigenvalue weighted by Gasteiger charge is 2.17. The summed E-state index contributed by atoms with van der Waals surface area (Å²) in [4.78, 5) is 22.9. The molecule has 2 aromatic carbocycles. The third-order valence-corrected chi connectivity index (χ3v) is 2.92. The Morgan fingerprint density at radius 2 is 1.89 bits per heavy atom. The first kappa shape index (κ1) is 12.9. The number of carbonyl (C=O) groups excluding carboxylic acids is 2. The second kappa shape index (κ2) is 4.97. The molecule has 0 aromatic heterocycles. The fourth-order valence-corrected chi connectivity index (χ4v) is 1.78. The Labute approximate surface area is 110 Å². The molecule has 0 saturated heterocycles. The number of fused-ring (bicyclic) bond motifs is 1. The molecule has 2 amide bonds. The number of hydrogen-bond donors (Lipinski definition) is 3. The highest BCUT2D eigenvalue weighted by molar-refractivity contribution is 6.04. The summed E-state index contributed by atoms with van der Waals surface area (Å²) < 4.78 is 0. The molecule has 0 aliphatic carbocycles. The van der Waals surface area contributed by atoms with Gasteiger partial charge in [-0.3, -0.25) is 9.59 Å². The maximum Gasteiger partial charge on any atom is 0.255 e.